The quantitative estimate of drug-likeness (QED) is 0.791. The zero-order valence-electron chi connectivity index (χ0n) is 10.7. The average molecular weight is 255 g/mol. The summed E-state index contributed by atoms with van der Waals surface area (Å²) in [5.74, 6) is 0. The third-order valence-electron chi connectivity index (χ3n) is 3.08. The van der Waals surface area contributed by atoms with Gasteiger partial charge in [0.25, 0.3) is 0 Å². The van der Waals surface area contributed by atoms with E-state index in [1.807, 2.05) is 0 Å². The largest absolute Gasteiger partial charge is 0.368 e. The van der Waals surface area contributed by atoms with E-state index in [2.05, 4.69) is 29.4 Å². The fourth-order valence-electron chi connectivity index (χ4n) is 2.01. The van der Waals surface area contributed by atoms with Gasteiger partial charge in [0.1, 0.15) is 15.6 Å². The van der Waals surface area contributed by atoms with Gasteiger partial charge in [-0.1, -0.05) is 18.3 Å². The van der Waals surface area contributed by atoms with Crippen molar-refractivity contribution < 1.29 is 4.74 Å². The molecule has 1 fully saturated rings. The van der Waals surface area contributed by atoms with Crippen LogP contribution in [0, 0.1) is 0 Å². The van der Waals surface area contributed by atoms with Crippen molar-refractivity contribution in [3.63, 3.8) is 0 Å². The Morgan fingerprint density at radius 2 is 2.29 bits per heavy atom. The molecule has 4 nitrogen and oxygen atoms in total. The summed E-state index contributed by atoms with van der Waals surface area (Å²) in [6, 6.07) is 0. The van der Waals surface area contributed by atoms with Gasteiger partial charge < -0.3 is 10.1 Å². The molecule has 0 radical (unpaired) electrons. The highest BCUT2D eigenvalue weighted by Crippen LogP contribution is 2.36. The van der Waals surface area contributed by atoms with Crippen molar-refractivity contribution in [1.82, 2.24) is 15.5 Å². The standard InChI is InChI=1S/C12H21N3OS/c1-3-7-13-8-5-10-14-15-11(17-10)12(2)6-4-9-16-12/h13H,3-9H2,1-2H3. The van der Waals surface area contributed by atoms with Crippen molar-refractivity contribution >= 4 is 11.3 Å². The lowest BCUT2D eigenvalue weighted by Gasteiger charge is -2.18. The van der Waals surface area contributed by atoms with Gasteiger partial charge >= 0.3 is 0 Å². The summed E-state index contributed by atoms with van der Waals surface area (Å²) in [5.41, 5.74) is -0.174. The Bertz CT molecular complexity index is 347. The summed E-state index contributed by atoms with van der Waals surface area (Å²) in [6.45, 7) is 7.21. The molecule has 1 aliphatic rings. The fraction of sp³-hybridized carbons (Fsp3) is 0.833. The average Bonchev–Trinajstić information content (AvgIpc) is 2.94. The first-order valence-corrected chi connectivity index (χ1v) is 7.24. The maximum atomic E-state index is 5.78. The van der Waals surface area contributed by atoms with Gasteiger partial charge in [0.2, 0.25) is 0 Å². The van der Waals surface area contributed by atoms with Crippen LogP contribution in [0.2, 0.25) is 0 Å². The molecule has 0 aliphatic carbocycles. The maximum absolute atomic E-state index is 5.78. The molecule has 1 aromatic heterocycles. The van der Waals surface area contributed by atoms with Crippen LogP contribution >= 0.6 is 11.3 Å². The van der Waals surface area contributed by atoms with Gasteiger partial charge in [-0.15, -0.1) is 10.2 Å². The minimum atomic E-state index is -0.174. The molecule has 1 unspecified atom stereocenters. The van der Waals surface area contributed by atoms with Crippen LogP contribution in [0.1, 0.15) is 43.1 Å². The van der Waals surface area contributed by atoms with Gasteiger partial charge in [-0.3, -0.25) is 0 Å². The molecule has 0 spiro atoms. The summed E-state index contributed by atoms with van der Waals surface area (Å²) in [6.07, 6.45) is 4.33. The molecule has 0 amide bonds. The third-order valence-corrected chi connectivity index (χ3v) is 4.31. The van der Waals surface area contributed by atoms with E-state index < -0.39 is 0 Å². The SMILES string of the molecule is CCCNCCc1nnc(C2(C)CCCO2)s1. The summed E-state index contributed by atoms with van der Waals surface area (Å²) in [4.78, 5) is 0. The van der Waals surface area contributed by atoms with Gasteiger partial charge in [0, 0.05) is 19.6 Å². The van der Waals surface area contributed by atoms with Gasteiger partial charge in [-0.05, 0) is 32.7 Å². The molecule has 1 aliphatic heterocycles. The van der Waals surface area contributed by atoms with Crippen molar-refractivity contribution in [2.45, 2.75) is 45.1 Å². The van der Waals surface area contributed by atoms with Gasteiger partial charge in [0.15, 0.2) is 0 Å². The van der Waals surface area contributed by atoms with E-state index in [1.54, 1.807) is 11.3 Å². The molecule has 96 valence electrons. The first kappa shape index (κ1) is 12.9. The van der Waals surface area contributed by atoms with Crippen LogP contribution in [0.5, 0.6) is 0 Å². The van der Waals surface area contributed by atoms with Crippen molar-refractivity contribution in [3.05, 3.63) is 10.0 Å². The molecule has 1 saturated heterocycles. The van der Waals surface area contributed by atoms with E-state index in [-0.39, 0.29) is 5.60 Å². The van der Waals surface area contributed by atoms with Gasteiger partial charge in [-0.2, -0.15) is 0 Å². The van der Waals surface area contributed by atoms with Crippen LogP contribution in [0.4, 0.5) is 0 Å². The zero-order valence-corrected chi connectivity index (χ0v) is 11.5. The number of nitrogens with one attached hydrogen (secondary N) is 1. The first-order chi connectivity index (χ1) is 8.24. The Kier molecular flexibility index (Phi) is 4.48. The second-order valence-electron chi connectivity index (χ2n) is 4.68. The second kappa shape index (κ2) is 5.89. The molecule has 0 bridgehead atoms. The molecule has 0 aromatic carbocycles. The Hall–Kier alpha value is -0.520. The minimum absolute atomic E-state index is 0.174. The van der Waals surface area contributed by atoms with Crippen LogP contribution in [-0.2, 0) is 16.8 Å². The minimum Gasteiger partial charge on any atom is -0.368 e. The lowest BCUT2D eigenvalue weighted by molar-refractivity contribution is 0.0161. The van der Waals surface area contributed by atoms with Crippen molar-refractivity contribution in [2.24, 2.45) is 0 Å². The van der Waals surface area contributed by atoms with Crippen LogP contribution in [-0.4, -0.2) is 29.9 Å². The van der Waals surface area contributed by atoms with Crippen LogP contribution in [0.3, 0.4) is 0 Å². The van der Waals surface area contributed by atoms with E-state index in [9.17, 15) is 0 Å². The van der Waals surface area contributed by atoms with E-state index >= 15 is 0 Å². The third kappa shape index (κ3) is 3.24. The molecule has 17 heavy (non-hydrogen) atoms. The number of hydrogen-bond donors (Lipinski definition) is 1. The molecular weight excluding hydrogens is 234 g/mol. The number of ether oxygens (including phenoxy) is 1. The zero-order chi connectivity index (χ0) is 12.1. The number of nitrogens with zero attached hydrogens (tertiary/aromatic N) is 2. The number of hydrogen-bond acceptors (Lipinski definition) is 5. The predicted molar refractivity (Wildman–Crippen MR) is 69.3 cm³/mol. The predicted octanol–water partition coefficient (Wildman–Crippen LogP) is 2.11. The lowest BCUT2D eigenvalue weighted by atomic mass is 10.0. The highest BCUT2D eigenvalue weighted by atomic mass is 32.1. The van der Waals surface area contributed by atoms with Crippen molar-refractivity contribution in [1.29, 1.82) is 0 Å². The van der Waals surface area contributed by atoms with Crippen molar-refractivity contribution in [3.8, 4) is 0 Å². The van der Waals surface area contributed by atoms with E-state index in [4.69, 9.17) is 4.74 Å². The highest BCUT2D eigenvalue weighted by Gasteiger charge is 2.35. The Balaban J connectivity index is 1.87. The monoisotopic (exact) mass is 255 g/mol. The number of rotatable bonds is 6. The summed E-state index contributed by atoms with van der Waals surface area (Å²) in [5, 5.41) is 14.1. The molecule has 0 saturated carbocycles. The normalized spacial score (nSPS) is 24.4. The topological polar surface area (TPSA) is 47.0 Å². The van der Waals surface area contributed by atoms with Gasteiger partial charge in [-0.25, -0.2) is 0 Å². The second-order valence-corrected chi connectivity index (χ2v) is 5.75. The molecule has 1 atom stereocenters. The molecule has 1 N–H and O–H groups in total. The molecule has 2 rings (SSSR count). The first-order valence-electron chi connectivity index (χ1n) is 6.42. The van der Waals surface area contributed by atoms with E-state index in [0.29, 0.717) is 0 Å². The molecule has 5 heteroatoms. The molecule has 1 aromatic rings. The number of aromatic nitrogens is 2. The van der Waals surface area contributed by atoms with Crippen LogP contribution < -0.4 is 5.32 Å². The smallest absolute Gasteiger partial charge is 0.149 e. The van der Waals surface area contributed by atoms with Crippen LogP contribution in [0.25, 0.3) is 0 Å². The molecule has 2 heterocycles. The van der Waals surface area contributed by atoms with Crippen molar-refractivity contribution in [2.75, 3.05) is 19.7 Å². The van der Waals surface area contributed by atoms with E-state index in [0.717, 1.165) is 49.0 Å². The van der Waals surface area contributed by atoms with E-state index in [1.165, 1.54) is 6.42 Å². The Morgan fingerprint density at radius 1 is 1.41 bits per heavy atom. The Labute approximate surface area is 107 Å². The molecular formula is C12H21N3OS. The van der Waals surface area contributed by atoms with Gasteiger partial charge in [0.05, 0.1) is 0 Å². The fourth-order valence-corrected chi connectivity index (χ4v) is 2.98. The Morgan fingerprint density at radius 3 is 3.00 bits per heavy atom. The maximum Gasteiger partial charge on any atom is 0.149 e. The summed E-state index contributed by atoms with van der Waals surface area (Å²) < 4.78 is 5.78. The van der Waals surface area contributed by atoms with Crippen LogP contribution in [0.15, 0.2) is 0 Å². The summed E-state index contributed by atoms with van der Waals surface area (Å²) in [7, 11) is 0. The lowest BCUT2D eigenvalue weighted by Crippen LogP contribution is -2.19. The highest BCUT2D eigenvalue weighted by molar-refractivity contribution is 7.11. The summed E-state index contributed by atoms with van der Waals surface area (Å²) >= 11 is 1.70.